The predicted octanol–water partition coefficient (Wildman–Crippen LogP) is 2.88. The minimum Gasteiger partial charge on any atom is -0.379 e. The van der Waals surface area contributed by atoms with Gasteiger partial charge in [0.1, 0.15) is 4.83 Å². The lowest BCUT2D eigenvalue weighted by Crippen LogP contribution is -2.59. The maximum atomic E-state index is 13.1. The molecule has 1 N–H and O–H groups in total. The molecule has 1 amide bonds. The first-order chi connectivity index (χ1) is 15.7. The smallest absolute Gasteiger partial charge is 0.262 e. The van der Waals surface area contributed by atoms with Gasteiger partial charge < -0.3 is 10.1 Å². The molecule has 1 saturated carbocycles. The molecule has 0 atom stereocenters. The van der Waals surface area contributed by atoms with Crippen molar-refractivity contribution in [3.63, 3.8) is 0 Å². The molecular formula is C24H34N4O3S. The summed E-state index contributed by atoms with van der Waals surface area (Å²) >= 11 is 1.67. The van der Waals surface area contributed by atoms with Crippen molar-refractivity contribution >= 4 is 27.5 Å². The molecular weight excluding hydrogens is 424 g/mol. The van der Waals surface area contributed by atoms with Crippen LogP contribution in [0, 0.1) is 0 Å². The third-order valence-electron chi connectivity index (χ3n) is 7.60. The second kappa shape index (κ2) is 9.61. The third-order valence-corrected chi connectivity index (χ3v) is 8.80. The van der Waals surface area contributed by atoms with Gasteiger partial charge in [0.05, 0.1) is 24.9 Å². The highest BCUT2D eigenvalue weighted by Gasteiger charge is 2.38. The summed E-state index contributed by atoms with van der Waals surface area (Å²) in [6.07, 6.45) is 12.3. The number of carbonyl (C=O) groups excluding carboxylic acids is 1. The van der Waals surface area contributed by atoms with Crippen molar-refractivity contribution in [1.82, 2.24) is 19.8 Å². The normalized spacial score (nSPS) is 21.4. The molecule has 32 heavy (non-hydrogen) atoms. The van der Waals surface area contributed by atoms with Gasteiger partial charge in [0, 0.05) is 43.0 Å². The van der Waals surface area contributed by atoms with Crippen LogP contribution in [-0.4, -0.2) is 58.7 Å². The topological polar surface area (TPSA) is 76.5 Å². The summed E-state index contributed by atoms with van der Waals surface area (Å²) in [5, 5.41) is 4.00. The summed E-state index contributed by atoms with van der Waals surface area (Å²) < 4.78 is 7.18. The van der Waals surface area contributed by atoms with Gasteiger partial charge in [-0.05, 0) is 44.1 Å². The van der Waals surface area contributed by atoms with E-state index in [0.717, 1.165) is 68.6 Å². The van der Waals surface area contributed by atoms with Crippen molar-refractivity contribution < 1.29 is 9.53 Å². The Hall–Kier alpha value is -1.77. The van der Waals surface area contributed by atoms with Crippen LogP contribution in [0.1, 0.15) is 61.8 Å². The van der Waals surface area contributed by atoms with Crippen molar-refractivity contribution in [1.29, 1.82) is 0 Å². The summed E-state index contributed by atoms with van der Waals surface area (Å²) in [5.74, 6) is 0.0163. The molecule has 174 valence electrons. The summed E-state index contributed by atoms with van der Waals surface area (Å²) in [4.78, 5) is 35.1. The summed E-state index contributed by atoms with van der Waals surface area (Å²) in [5.41, 5.74) is 1.28. The lowest BCUT2D eigenvalue weighted by atomic mass is 9.79. The number of thiophene rings is 1. The lowest BCUT2D eigenvalue weighted by molar-refractivity contribution is -0.122. The van der Waals surface area contributed by atoms with Gasteiger partial charge in [-0.1, -0.05) is 19.3 Å². The molecule has 3 heterocycles. The Kier molecular flexibility index (Phi) is 6.62. The molecule has 8 heteroatoms. The molecule has 0 aromatic carbocycles. The minimum absolute atomic E-state index is 0.0132. The number of ether oxygens (including phenoxy) is 1. The SMILES string of the molecule is O=C(CCn1cnc2sc3c(c2c1=O)CCCC3)NCC1(N2CCOCC2)CCCCC1. The largest absolute Gasteiger partial charge is 0.379 e. The van der Waals surface area contributed by atoms with Crippen LogP contribution in [-0.2, 0) is 28.9 Å². The number of hydrogen-bond donors (Lipinski definition) is 1. The number of fused-ring (bicyclic) bond motifs is 3. The van der Waals surface area contributed by atoms with E-state index < -0.39 is 0 Å². The Bertz CT molecular complexity index is 1020. The molecule has 0 unspecified atom stereocenters. The van der Waals surface area contributed by atoms with Crippen LogP contribution < -0.4 is 10.9 Å². The van der Waals surface area contributed by atoms with Crippen molar-refractivity contribution in [2.45, 2.75) is 76.3 Å². The number of morpholine rings is 1. The molecule has 2 fully saturated rings. The number of nitrogens with one attached hydrogen (secondary N) is 1. The van der Waals surface area contributed by atoms with Gasteiger partial charge >= 0.3 is 0 Å². The van der Waals surface area contributed by atoms with Crippen LogP contribution in [0.2, 0.25) is 0 Å². The fourth-order valence-electron chi connectivity index (χ4n) is 5.77. The molecule has 5 rings (SSSR count). The van der Waals surface area contributed by atoms with Crippen LogP contribution in [0.15, 0.2) is 11.1 Å². The summed E-state index contributed by atoms with van der Waals surface area (Å²) in [6, 6.07) is 0. The quantitative estimate of drug-likeness (QED) is 0.720. The maximum absolute atomic E-state index is 13.1. The number of amides is 1. The number of aromatic nitrogens is 2. The standard InChI is InChI=1S/C24H34N4O3S/c29-20(25-16-24(9-4-1-5-10-24)28-12-14-31-15-13-28)8-11-27-17-26-22-21(23(27)30)18-6-2-3-7-19(18)32-22/h17H,1-16H2,(H,25,29). The maximum Gasteiger partial charge on any atom is 0.262 e. The zero-order valence-corrected chi connectivity index (χ0v) is 19.7. The Balaban J connectivity index is 1.23. The number of nitrogens with zero attached hydrogens (tertiary/aromatic N) is 3. The second-order valence-electron chi connectivity index (χ2n) is 9.55. The number of carbonyl (C=O) groups is 1. The van der Waals surface area contributed by atoms with E-state index >= 15 is 0 Å². The molecule has 1 aliphatic heterocycles. The molecule has 2 aromatic heterocycles. The van der Waals surface area contributed by atoms with E-state index in [9.17, 15) is 9.59 Å². The Morgan fingerprint density at radius 1 is 1.12 bits per heavy atom. The second-order valence-corrected chi connectivity index (χ2v) is 10.6. The molecule has 2 aromatic rings. The van der Waals surface area contributed by atoms with Gasteiger partial charge in [-0.3, -0.25) is 19.1 Å². The number of hydrogen-bond acceptors (Lipinski definition) is 6. The fraction of sp³-hybridized carbons (Fsp3) is 0.708. The van der Waals surface area contributed by atoms with Crippen LogP contribution >= 0.6 is 11.3 Å². The summed E-state index contributed by atoms with van der Waals surface area (Å²) in [6.45, 7) is 4.52. The van der Waals surface area contributed by atoms with Crippen molar-refractivity contribution in [3.8, 4) is 0 Å². The average Bonchev–Trinajstić information content (AvgIpc) is 3.23. The minimum atomic E-state index is 0.0132. The first kappa shape index (κ1) is 22.0. The molecule has 0 spiro atoms. The van der Waals surface area contributed by atoms with Gasteiger partial charge in [-0.2, -0.15) is 0 Å². The Morgan fingerprint density at radius 2 is 1.91 bits per heavy atom. The van der Waals surface area contributed by atoms with E-state index in [0.29, 0.717) is 19.5 Å². The molecule has 0 bridgehead atoms. The van der Waals surface area contributed by atoms with Gasteiger partial charge in [-0.15, -0.1) is 11.3 Å². The van der Waals surface area contributed by atoms with E-state index in [2.05, 4.69) is 15.2 Å². The predicted molar refractivity (Wildman–Crippen MR) is 126 cm³/mol. The Morgan fingerprint density at radius 3 is 2.72 bits per heavy atom. The van der Waals surface area contributed by atoms with Gasteiger partial charge in [0.2, 0.25) is 5.91 Å². The highest BCUT2D eigenvalue weighted by atomic mass is 32.1. The van der Waals surface area contributed by atoms with Gasteiger partial charge in [-0.25, -0.2) is 4.98 Å². The fourth-order valence-corrected chi connectivity index (χ4v) is 6.99. The molecule has 3 aliphatic rings. The third kappa shape index (κ3) is 4.37. The zero-order chi connectivity index (χ0) is 22.0. The van der Waals surface area contributed by atoms with Crippen LogP contribution in [0.5, 0.6) is 0 Å². The molecule has 0 radical (unpaired) electrons. The van der Waals surface area contributed by atoms with Crippen molar-refractivity contribution in [3.05, 3.63) is 27.1 Å². The van der Waals surface area contributed by atoms with Crippen LogP contribution in [0.3, 0.4) is 0 Å². The molecule has 1 saturated heterocycles. The monoisotopic (exact) mass is 458 g/mol. The van der Waals surface area contributed by atoms with Gasteiger partial charge in [0.25, 0.3) is 5.56 Å². The van der Waals surface area contributed by atoms with E-state index in [4.69, 9.17) is 4.74 Å². The lowest BCUT2D eigenvalue weighted by Gasteiger charge is -2.48. The van der Waals surface area contributed by atoms with Crippen LogP contribution in [0.4, 0.5) is 0 Å². The van der Waals surface area contributed by atoms with E-state index in [1.165, 1.54) is 36.1 Å². The molecule has 2 aliphatic carbocycles. The Labute approximate surface area is 193 Å². The van der Waals surface area contributed by atoms with Crippen molar-refractivity contribution in [2.75, 3.05) is 32.8 Å². The highest BCUT2D eigenvalue weighted by Crippen LogP contribution is 2.34. The average molecular weight is 459 g/mol. The van der Waals surface area contributed by atoms with E-state index in [1.54, 1.807) is 22.2 Å². The van der Waals surface area contributed by atoms with Crippen molar-refractivity contribution in [2.24, 2.45) is 0 Å². The first-order valence-corrected chi connectivity index (χ1v) is 13.1. The van der Waals surface area contributed by atoms with E-state index in [-0.39, 0.29) is 17.0 Å². The zero-order valence-electron chi connectivity index (χ0n) is 18.9. The van der Waals surface area contributed by atoms with Crippen LogP contribution in [0.25, 0.3) is 10.2 Å². The highest BCUT2D eigenvalue weighted by molar-refractivity contribution is 7.18. The van der Waals surface area contributed by atoms with E-state index in [1.807, 2.05) is 0 Å². The van der Waals surface area contributed by atoms with Gasteiger partial charge in [0.15, 0.2) is 0 Å². The summed E-state index contributed by atoms with van der Waals surface area (Å²) in [7, 11) is 0. The first-order valence-electron chi connectivity index (χ1n) is 12.3. The number of aryl methyl sites for hydroxylation is 3. The number of rotatable bonds is 6. The molecule has 7 nitrogen and oxygen atoms in total.